The van der Waals surface area contributed by atoms with Crippen LogP contribution in [0.25, 0.3) is 0 Å². The molecule has 10 N–H and O–H groups in total. The zero-order valence-electron chi connectivity index (χ0n) is 73.7. The molecule has 3 amide bonds. The average Bonchev–Trinajstić information content (AvgIpc) is 1.56. The lowest BCUT2D eigenvalue weighted by molar-refractivity contribution is -0.245. The van der Waals surface area contributed by atoms with Crippen LogP contribution in [-0.2, 0) is 109 Å². The summed E-state index contributed by atoms with van der Waals surface area (Å²) in [5.74, 6) is -5.10. The largest absolute Gasteiger partial charge is 0.394 e. The summed E-state index contributed by atoms with van der Waals surface area (Å²) in [4.78, 5) is 162. The minimum Gasteiger partial charge on any atom is -0.394 e. The fraction of sp³-hybridized carbons (Fsp3) is 0.716. The first-order chi connectivity index (χ1) is 63.8. The zero-order valence-corrected chi connectivity index (χ0v) is 73.7. The summed E-state index contributed by atoms with van der Waals surface area (Å²) in [5.41, 5.74) is -5.85. The number of rotatable bonds is 15. The van der Waals surface area contributed by atoms with Crippen LogP contribution >= 0.6 is 0 Å². The van der Waals surface area contributed by atoms with Gasteiger partial charge in [-0.05, 0) is 102 Å². The highest BCUT2D eigenvalue weighted by atomic mass is 16.8. The summed E-state index contributed by atoms with van der Waals surface area (Å²) in [6.07, 6.45) is 18.5. The van der Waals surface area contributed by atoms with Crippen molar-refractivity contribution >= 4 is 41.4 Å². The number of nitrogens with one attached hydrogen (secondary N) is 3. The van der Waals surface area contributed by atoms with Crippen molar-refractivity contribution in [3.63, 3.8) is 0 Å². The third-order valence-electron chi connectivity index (χ3n) is 28.9. The van der Waals surface area contributed by atoms with Gasteiger partial charge in [0.2, 0.25) is 17.7 Å². The summed E-state index contributed by atoms with van der Waals surface area (Å²) >= 11 is 0. The molecule has 14 aliphatic heterocycles. The van der Waals surface area contributed by atoms with E-state index in [2.05, 4.69) is 28.8 Å². The van der Waals surface area contributed by atoms with E-state index in [1.165, 1.54) is 97.1 Å². The van der Waals surface area contributed by atoms with Gasteiger partial charge in [0.25, 0.3) is 16.7 Å². The van der Waals surface area contributed by atoms with E-state index in [0.29, 0.717) is 12.7 Å². The predicted molar refractivity (Wildman–Crippen MR) is 444 cm³/mol. The van der Waals surface area contributed by atoms with E-state index in [0.717, 1.165) is 146 Å². The van der Waals surface area contributed by atoms with Gasteiger partial charge in [-0.2, -0.15) is 0 Å². The topological polar surface area (TPSA) is 583 Å². The van der Waals surface area contributed by atoms with Gasteiger partial charge in [-0.3, -0.25) is 86.5 Å². The molecule has 5 spiro atoms. The molecule has 0 unspecified atom stereocenters. The first-order valence-electron chi connectivity index (χ1n) is 46.0. The van der Waals surface area contributed by atoms with Crippen molar-refractivity contribution in [2.24, 2.45) is 0 Å². The van der Waals surface area contributed by atoms with E-state index in [1.807, 2.05) is 6.92 Å². The van der Waals surface area contributed by atoms with E-state index in [4.69, 9.17) is 80.9 Å². The highest BCUT2D eigenvalue weighted by molar-refractivity contribution is 6.07. The molecule has 0 radical (unpaired) electrons. The second-order valence-electron chi connectivity index (χ2n) is 37.0. The lowest BCUT2D eigenvalue weighted by Gasteiger charge is -2.34. The van der Waals surface area contributed by atoms with Crippen LogP contribution in [0.1, 0.15) is 206 Å². The van der Waals surface area contributed by atoms with Crippen LogP contribution in [-0.4, -0.2) is 309 Å². The van der Waals surface area contributed by atoms with Crippen LogP contribution in [0, 0.1) is 0 Å². The lowest BCUT2D eigenvalue weighted by atomic mass is 9.90. The Morgan fingerprint density at radius 2 is 0.647 bits per heavy atom. The number of hydrogen-bond donors (Lipinski definition) is 10. The maximum atomic E-state index is 12.2. The van der Waals surface area contributed by atoms with Gasteiger partial charge in [0.15, 0.2) is 89.9 Å². The predicted octanol–water partition coefficient (Wildman–Crippen LogP) is -1.12. The standard InChI is InChI=1S/C17H24N2O5.C16H22N2O6.C15H20N2O7.C15H19NO6.C15H17NO6.C10H13NO6/c1-3-16(4-2)13-12(22-17(23-13)8-5-6-9-17)14(24-16)19-10-7-11(20)18-15(19)21;1-2-15(9-19)12-11(22-16(23-12)6-3-4-7-16)13(24-15)18-8-5-10(20)17-14(18)21;18-7-14(8-19)11-10(22-15(23-11)4-1-2-5-15)12(24-14)17-6-3-9(20)16-13(17)21;2*17-8-10-12-13(22-15(21-12)4-1-2-5-15)14(20-10)16-6-3-9(18)7-11(16)19;12-4-6-8(15)9(16)10(17-6)11-2-1-5(13)3-7(11)14/h7,10,12-14H,3-6,8-9H2,1-2H3,(H,18,20,21);5,8,11-13,19H,2-4,6-7,9H2,1H3,(H,17,20,21);3,6,10-12,18-19H,1-2,4-5,7-8H2,(H,16,20,21);3,6,10,12-14,17H,1-2,4-5,7-8H2;3,6,8,10,12-14H,1-2,4-5,7H2;1-2,6,8-10,12,15-16H,3-4H2/t12-,13+,14-;11-,12+,13-,15-;10-,11+,12-;2*10-,12-,13-,14-;6-,8-,9-,10-/m111111/s1. The molecule has 11 saturated heterocycles. The summed E-state index contributed by atoms with van der Waals surface area (Å²) in [7, 11) is 0. The Morgan fingerprint density at radius 1 is 0.346 bits per heavy atom. The summed E-state index contributed by atoms with van der Waals surface area (Å²) in [5, 5.41) is 67.2. The molecule has 133 heavy (non-hydrogen) atoms. The first-order valence-corrected chi connectivity index (χ1v) is 46.0. The number of aromatic nitrogens is 6. The minimum absolute atomic E-state index is 0.163. The lowest BCUT2D eigenvalue weighted by Crippen LogP contribution is -2.49. The van der Waals surface area contributed by atoms with Crippen molar-refractivity contribution in [3.05, 3.63) is 136 Å². The molecule has 22 rings (SSSR count). The molecular formula is C88H115N9O36. The second kappa shape index (κ2) is 38.4. The maximum Gasteiger partial charge on any atom is 0.330 e. The Balaban J connectivity index is 0.000000112. The molecule has 45 nitrogen and oxygen atoms in total. The molecule has 3 aromatic rings. The van der Waals surface area contributed by atoms with Crippen LogP contribution in [0.4, 0.5) is 0 Å². The van der Waals surface area contributed by atoms with Crippen LogP contribution in [0.15, 0.2) is 102 Å². The molecule has 17 heterocycles. The molecule has 5 saturated carbocycles. The number of ether oxygens (including phenoxy) is 16. The van der Waals surface area contributed by atoms with Gasteiger partial charge in [-0.15, -0.1) is 0 Å². The molecule has 3 aromatic heterocycles. The van der Waals surface area contributed by atoms with Crippen molar-refractivity contribution in [1.29, 1.82) is 0 Å². The van der Waals surface area contributed by atoms with Crippen LogP contribution in [0.2, 0.25) is 0 Å². The summed E-state index contributed by atoms with van der Waals surface area (Å²) in [6, 6.07) is 3.81. The van der Waals surface area contributed by atoms with Gasteiger partial charge in [-0.1, -0.05) is 20.8 Å². The number of aldehydes is 1. The maximum absolute atomic E-state index is 12.2. The number of carbonyl (C=O) groups is 7. The monoisotopic (exact) mass is 1870 g/mol. The number of aliphatic hydroxyl groups excluding tert-OH is 7. The van der Waals surface area contributed by atoms with Crippen LogP contribution in [0.3, 0.4) is 0 Å². The molecule has 0 aromatic carbocycles. The molecule has 45 heteroatoms. The number of aliphatic hydroxyl groups is 7. The van der Waals surface area contributed by atoms with Gasteiger partial charge in [0.05, 0.1) is 57.9 Å². The van der Waals surface area contributed by atoms with Gasteiger partial charge < -0.3 is 116 Å². The quantitative estimate of drug-likeness (QED) is 0.0636. The molecule has 19 aliphatic rings. The van der Waals surface area contributed by atoms with Gasteiger partial charge in [0.1, 0.15) is 103 Å². The van der Waals surface area contributed by atoms with Crippen molar-refractivity contribution in [1.82, 2.24) is 43.4 Å². The second-order valence-corrected chi connectivity index (χ2v) is 37.0. The third-order valence-corrected chi connectivity index (χ3v) is 28.9. The average molecular weight is 1870 g/mol. The Kier molecular flexibility index (Phi) is 27.8. The number of allylic oxidation sites excluding steroid dienone is 3. The number of H-pyrrole nitrogens is 3. The number of nitrogens with zero attached hydrogens (tertiary/aromatic N) is 6. The molecule has 0 bridgehead atoms. The zero-order chi connectivity index (χ0) is 94.1. The summed E-state index contributed by atoms with van der Waals surface area (Å²) in [6.45, 7) is 4.23. The summed E-state index contributed by atoms with van der Waals surface area (Å²) < 4.78 is 100. The first kappa shape index (κ1) is 96.1. The Hall–Kier alpha value is -8.57. The normalized spacial score (nSPS) is 36.7. The smallest absolute Gasteiger partial charge is 0.330 e. The van der Waals surface area contributed by atoms with Gasteiger partial charge in [0, 0.05) is 120 Å². The van der Waals surface area contributed by atoms with E-state index in [9.17, 15) is 93.0 Å². The Morgan fingerprint density at radius 3 is 0.985 bits per heavy atom. The molecular weight excluding hydrogens is 1760 g/mol. The number of fused-ring (bicyclic) bond motifs is 5. The molecule has 728 valence electrons. The molecule has 5 aliphatic carbocycles. The van der Waals surface area contributed by atoms with Crippen molar-refractivity contribution < 1.29 is 145 Å². The van der Waals surface area contributed by atoms with E-state index < -0.39 is 216 Å². The van der Waals surface area contributed by atoms with Crippen LogP contribution in [0.5, 0.6) is 0 Å². The van der Waals surface area contributed by atoms with Crippen molar-refractivity contribution in [2.75, 3.05) is 33.0 Å². The Labute approximate surface area is 758 Å². The number of ketones is 3. The minimum atomic E-state index is -1.36. The number of amides is 3. The van der Waals surface area contributed by atoms with Crippen molar-refractivity contribution in [2.45, 2.75) is 362 Å². The third kappa shape index (κ3) is 18.1. The fourth-order valence-corrected chi connectivity index (χ4v) is 21.9. The van der Waals surface area contributed by atoms with E-state index in [-0.39, 0.29) is 80.0 Å². The Bertz CT molecular complexity index is 4970. The highest BCUT2D eigenvalue weighted by Gasteiger charge is 2.70. The molecule has 22 atom stereocenters. The van der Waals surface area contributed by atoms with E-state index >= 15 is 0 Å². The van der Waals surface area contributed by atoms with Crippen molar-refractivity contribution in [3.8, 4) is 0 Å². The van der Waals surface area contributed by atoms with Gasteiger partial charge >= 0.3 is 17.1 Å². The fourth-order valence-electron chi connectivity index (χ4n) is 21.9. The SMILES string of the molecule is CCC1(CC)O[C@@H](n2ccc(=O)[nH]c2=O)[C@@H]2OC3(CCCC3)O[C@@H]21.CC[C@]1(CO)O[C@@H](n2ccc(=O)[nH]c2=O)[C@@H]2OC3(CCCC3)O[C@@H]21.O=C1C=CN([C@@H]2O[C@H](CO)[C@@H](O)[C@H]2O)C(=O)C1.O=C1C=CN([C@@H]2O[C@H](CO)[C@H]3OC4(CCCC4)O[C@H]32)C(=O)C1.O=C[C@H]1O[C@@H](N2C=CC(=O)CC2=O)[C@@H]2OC3(CCCC3)O[C@@H]21.O=c1ccn([C@@H]2OC(CO)(CO)[C@H]3OC4(CCCC4)O[C@@H]23)c(=O)[nH]1. The van der Waals surface area contributed by atoms with Gasteiger partial charge in [-0.25, -0.2) is 14.4 Å². The number of carbonyl (C=O) groups excluding carboxylic acids is 7. The number of aromatic amines is 3. The number of hydrogen-bond acceptors (Lipinski definition) is 36. The highest BCUT2D eigenvalue weighted by Crippen LogP contribution is 2.58. The van der Waals surface area contributed by atoms with E-state index in [1.54, 1.807) is 0 Å². The molecule has 16 fully saturated rings. The van der Waals surface area contributed by atoms with Crippen LogP contribution < -0.4 is 33.7 Å².